The number of aliphatic carboxylic acids is 1. The lowest BCUT2D eigenvalue weighted by Crippen LogP contribution is -2.39. The van der Waals surface area contributed by atoms with Gasteiger partial charge in [0.25, 0.3) is 0 Å². The van der Waals surface area contributed by atoms with E-state index >= 15 is 0 Å². The van der Waals surface area contributed by atoms with Gasteiger partial charge in [-0.15, -0.1) is 0 Å². The second-order valence-electron chi connectivity index (χ2n) is 4.82. The molecule has 3 fully saturated rings. The average Bonchev–Trinajstić information content (AvgIpc) is 2.76. The fourth-order valence-electron chi connectivity index (χ4n) is 3.75. The number of rotatable bonds is 1. The third-order valence-electron chi connectivity index (χ3n) is 4.29. The summed E-state index contributed by atoms with van der Waals surface area (Å²) in [6, 6.07) is 0.290. The van der Waals surface area contributed by atoms with E-state index in [0.29, 0.717) is 12.0 Å². The van der Waals surface area contributed by atoms with Crippen LogP contribution in [0.4, 0.5) is 0 Å². The van der Waals surface area contributed by atoms with Gasteiger partial charge in [-0.3, -0.25) is 4.79 Å². The van der Waals surface area contributed by atoms with Gasteiger partial charge < -0.3 is 10.4 Å². The van der Waals surface area contributed by atoms with Crippen LogP contribution in [0.15, 0.2) is 0 Å². The van der Waals surface area contributed by atoms with Gasteiger partial charge in [0.1, 0.15) is 6.04 Å². The topological polar surface area (TPSA) is 49.3 Å². The number of nitrogens with one attached hydrogen (secondary N) is 1. The van der Waals surface area contributed by atoms with Crippen LogP contribution in [0.5, 0.6) is 0 Å². The predicted octanol–water partition coefficient (Wildman–Crippen LogP) is 0.848. The lowest BCUT2D eigenvalue weighted by atomic mass is 9.85. The normalized spacial score (nSPS) is 52.5. The lowest BCUT2D eigenvalue weighted by molar-refractivity contribution is -0.139. The van der Waals surface area contributed by atoms with Gasteiger partial charge in [0.2, 0.25) is 0 Å². The highest BCUT2D eigenvalue weighted by Crippen LogP contribution is 2.52. The zero-order valence-corrected chi connectivity index (χ0v) is 7.57. The quantitative estimate of drug-likeness (QED) is 0.630. The summed E-state index contributed by atoms with van der Waals surface area (Å²) in [5.41, 5.74) is 0. The molecular weight excluding hydrogens is 166 g/mol. The van der Waals surface area contributed by atoms with E-state index in [2.05, 4.69) is 5.32 Å². The number of hydrogen-bond donors (Lipinski definition) is 2. The molecule has 1 heterocycles. The SMILES string of the molecule is O=C(O)[C@H]1C[C@H]2[C@H]3CC[C@H](C3)[C@H]2N1. The van der Waals surface area contributed by atoms with E-state index in [0.717, 1.165) is 18.3 Å². The van der Waals surface area contributed by atoms with E-state index in [1.54, 1.807) is 0 Å². The first kappa shape index (κ1) is 7.80. The van der Waals surface area contributed by atoms with E-state index in [1.807, 2.05) is 0 Å². The van der Waals surface area contributed by atoms with Gasteiger partial charge in [0.15, 0.2) is 0 Å². The van der Waals surface area contributed by atoms with Crippen molar-refractivity contribution in [2.45, 2.75) is 37.8 Å². The fraction of sp³-hybridized carbons (Fsp3) is 0.900. The minimum absolute atomic E-state index is 0.251. The predicted molar refractivity (Wildman–Crippen MR) is 47.3 cm³/mol. The fourth-order valence-corrected chi connectivity index (χ4v) is 3.75. The largest absolute Gasteiger partial charge is 0.480 e. The maximum atomic E-state index is 10.8. The summed E-state index contributed by atoms with van der Waals surface area (Å²) in [7, 11) is 0. The van der Waals surface area contributed by atoms with Crippen molar-refractivity contribution in [1.29, 1.82) is 0 Å². The van der Waals surface area contributed by atoms with Gasteiger partial charge in [-0.25, -0.2) is 0 Å². The molecule has 72 valence electrons. The molecule has 0 unspecified atom stereocenters. The Morgan fingerprint density at radius 2 is 2.00 bits per heavy atom. The number of fused-ring (bicyclic) bond motifs is 5. The summed E-state index contributed by atoms with van der Waals surface area (Å²) in [5, 5.41) is 12.2. The first-order valence-corrected chi connectivity index (χ1v) is 5.24. The average molecular weight is 181 g/mol. The smallest absolute Gasteiger partial charge is 0.320 e. The van der Waals surface area contributed by atoms with E-state index in [1.165, 1.54) is 19.3 Å². The zero-order valence-electron chi connectivity index (χ0n) is 7.57. The standard InChI is InChI=1S/C10H15NO2/c12-10(13)8-4-7-5-1-2-6(3-5)9(7)11-8/h5-9,11H,1-4H2,(H,12,13)/t5-,6+,7-,8+,9+/m0/s1. The molecule has 3 rings (SSSR count). The first-order valence-electron chi connectivity index (χ1n) is 5.24. The van der Waals surface area contributed by atoms with Crippen LogP contribution in [-0.2, 0) is 4.79 Å². The third kappa shape index (κ3) is 0.966. The molecule has 0 amide bonds. The van der Waals surface area contributed by atoms with E-state index in [4.69, 9.17) is 5.11 Å². The van der Waals surface area contributed by atoms with Crippen LogP contribution in [0.25, 0.3) is 0 Å². The number of carboxylic acid groups (broad SMARTS) is 1. The van der Waals surface area contributed by atoms with Crippen molar-refractivity contribution in [3.63, 3.8) is 0 Å². The van der Waals surface area contributed by atoms with Gasteiger partial charge >= 0.3 is 5.97 Å². The van der Waals surface area contributed by atoms with Crippen molar-refractivity contribution >= 4 is 5.97 Å². The Labute approximate surface area is 77.5 Å². The van der Waals surface area contributed by atoms with Gasteiger partial charge in [0.05, 0.1) is 0 Å². The van der Waals surface area contributed by atoms with Crippen molar-refractivity contribution in [3.8, 4) is 0 Å². The highest BCUT2D eigenvalue weighted by atomic mass is 16.4. The van der Waals surface area contributed by atoms with Crippen LogP contribution in [-0.4, -0.2) is 23.2 Å². The highest BCUT2D eigenvalue weighted by Gasteiger charge is 2.53. The molecule has 0 aromatic carbocycles. The minimum atomic E-state index is -0.659. The molecule has 2 saturated carbocycles. The Morgan fingerprint density at radius 1 is 1.23 bits per heavy atom. The van der Waals surface area contributed by atoms with Crippen molar-refractivity contribution in [2.75, 3.05) is 0 Å². The molecule has 3 nitrogen and oxygen atoms in total. The van der Waals surface area contributed by atoms with Crippen LogP contribution < -0.4 is 5.32 Å². The molecule has 0 radical (unpaired) electrons. The monoisotopic (exact) mass is 181 g/mol. The summed E-state index contributed by atoms with van der Waals surface area (Å²) in [6.07, 6.45) is 4.90. The van der Waals surface area contributed by atoms with E-state index < -0.39 is 5.97 Å². The van der Waals surface area contributed by atoms with Gasteiger partial charge in [-0.1, -0.05) is 0 Å². The van der Waals surface area contributed by atoms with Crippen LogP contribution in [0, 0.1) is 17.8 Å². The molecule has 2 N–H and O–H groups in total. The van der Waals surface area contributed by atoms with Crippen LogP contribution in [0.2, 0.25) is 0 Å². The van der Waals surface area contributed by atoms with Gasteiger partial charge in [-0.2, -0.15) is 0 Å². The minimum Gasteiger partial charge on any atom is -0.480 e. The summed E-state index contributed by atoms with van der Waals surface area (Å²) in [6.45, 7) is 0. The van der Waals surface area contributed by atoms with Crippen LogP contribution in [0.1, 0.15) is 25.7 Å². The number of carboxylic acids is 1. The Bertz CT molecular complexity index is 235. The summed E-state index contributed by atoms with van der Waals surface area (Å²) in [5.74, 6) is 1.65. The van der Waals surface area contributed by atoms with E-state index in [9.17, 15) is 4.79 Å². The summed E-state index contributed by atoms with van der Waals surface area (Å²) in [4.78, 5) is 10.8. The third-order valence-corrected chi connectivity index (χ3v) is 4.29. The molecule has 1 saturated heterocycles. The molecule has 1 aliphatic heterocycles. The lowest BCUT2D eigenvalue weighted by Gasteiger charge is -2.23. The summed E-state index contributed by atoms with van der Waals surface area (Å²) >= 11 is 0. The number of hydrogen-bond acceptors (Lipinski definition) is 2. The zero-order chi connectivity index (χ0) is 9.00. The van der Waals surface area contributed by atoms with Crippen molar-refractivity contribution in [3.05, 3.63) is 0 Å². The van der Waals surface area contributed by atoms with E-state index in [-0.39, 0.29) is 6.04 Å². The number of carbonyl (C=O) groups is 1. The molecule has 2 bridgehead atoms. The maximum absolute atomic E-state index is 10.8. The summed E-state index contributed by atoms with van der Waals surface area (Å²) < 4.78 is 0. The van der Waals surface area contributed by atoms with Crippen molar-refractivity contribution < 1.29 is 9.90 Å². The van der Waals surface area contributed by atoms with Crippen molar-refractivity contribution in [2.24, 2.45) is 17.8 Å². The Morgan fingerprint density at radius 3 is 2.69 bits per heavy atom. The molecule has 3 aliphatic rings. The molecule has 2 aliphatic carbocycles. The first-order chi connectivity index (χ1) is 6.25. The molecule has 0 spiro atoms. The molecule has 13 heavy (non-hydrogen) atoms. The van der Waals surface area contributed by atoms with Gasteiger partial charge in [0, 0.05) is 6.04 Å². The molecule has 0 aromatic heterocycles. The molecule has 0 aromatic rings. The van der Waals surface area contributed by atoms with Crippen LogP contribution in [0.3, 0.4) is 0 Å². The Balaban J connectivity index is 1.79. The van der Waals surface area contributed by atoms with Crippen LogP contribution >= 0.6 is 0 Å². The Hall–Kier alpha value is -0.570. The second-order valence-corrected chi connectivity index (χ2v) is 4.82. The van der Waals surface area contributed by atoms with Crippen molar-refractivity contribution in [1.82, 2.24) is 5.32 Å². The van der Waals surface area contributed by atoms with Gasteiger partial charge in [-0.05, 0) is 43.4 Å². The maximum Gasteiger partial charge on any atom is 0.320 e. The second kappa shape index (κ2) is 2.47. The molecule has 5 atom stereocenters. The highest BCUT2D eigenvalue weighted by molar-refractivity contribution is 5.74. The molecular formula is C10H15NO2. The Kier molecular flexibility index (Phi) is 1.48. The molecule has 3 heteroatoms.